The van der Waals surface area contributed by atoms with Gasteiger partial charge in [-0.25, -0.2) is 0 Å². The van der Waals surface area contributed by atoms with Crippen LogP contribution in [-0.4, -0.2) is 19.4 Å². The van der Waals surface area contributed by atoms with Crippen molar-refractivity contribution in [2.45, 2.75) is 20.8 Å². The smallest absolute Gasteiger partial charge is 0.176 e. The number of nitrogens with one attached hydrogen (secondary N) is 1. The van der Waals surface area contributed by atoms with E-state index in [1.165, 1.54) is 5.56 Å². The highest BCUT2D eigenvalue weighted by molar-refractivity contribution is 5.99. The molecule has 0 unspecified atom stereocenters. The number of hydrogen-bond donors (Lipinski definition) is 1. The lowest BCUT2D eigenvalue weighted by atomic mass is 9.97. The molecule has 0 aromatic heterocycles. The zero-order valence-electron chi connectivity index (χ0n) is 9.27. The highest BCUT2D eigenvalue weighted by Gasteiger charge is 2.09. The van der Waals surface area contributed by atoms with Gasteiger partial charge in [0.1, 0.15) is 0 Å². The summed E-state index contributed by atoms with van der Waals surface area (Å²) in [4.78, 5) is 11.7. The molecule has 1 rings (SSSR count). The first-order valence-electron chi connectivity index (χ1n) is 4.82. The first-order chi connectivity index (χ1) is 6.56. The van der Waals surface area contributed by atoms with E-state index in [1.807, 2.05) is 26.8 Å². The number of ketones is 1. The number of carbonyl (C=O) groups excluding carboxylic acids is 1. The van der Waals surface area contributed by atoms with Crippen molar-refractivity contribution in [2.24, 2.45) is 0 Å². The lowest BCUT2D eigenvalue weighted by molar-refractivity contribution is 0.0993. The largest absolute Gasteiger partial charge is 0.313 e. The molecule has 0 heterocycles. The molecule has 14 heavy (non-hydrogen) atoms. The molecule has 0 aliphatic carbocycles. The van der Waals surface area contributed by atoms with Gasteiger partial charge in [0.05, 0.1) is 6.54 Å². The third-order valence-corrected chi connectivity index (χ3v) is 2.45. The van der Waals surface area contributed by atoms with Crippen LogP contribution < -0.4 is 5.32 Å². The van der Waals surface area contributed by atoms with E-state index < -0.39 is 0 Å². The van der Waals surface area contributed by atoms with Gasteiger partial charge in [-0.1, -0.05) is 11.6 Å². The third kappa shape index (κ3) is 2.20. The van der Waals surface area contributed by atoms with Gasteiger partial charge >= 0.3 is 0 Å². The van der Waals surface area contributed by atoms with Crippen molar-refractivity contribution >= 4 is 5.78 Å². The molecule has 0 radical (unpaired) electrons. The summed E-state index contributed by atoms with van der Waals surface area (Å²) in [6, 6.07) is 4.06. The molecule has 0 saturated heterocycles. The van der Waals surface area contributed by atoms with Crippen LogP contribution in [0.5, 0.6) is 0 Å². The Morgan fingerprint density at radius 2 is 1.93 bits per heavy atom. The summed E-state index contributed by atoms with van der Waals surface area (Å²) in [5.74, 6) is 0.164. The van der Waals surface area contributed by atoms with Crippen LogP contribution in [0, 0.1) is 20.8 Å². The van der Waals surface area contributed by atoms with Crippen LogP contribution in [0.1, 0.15) is 27.0 Å². The fraction of sp³-hybridized carbons (Fsp3) is 0.417. The summed E-state index contributed by atoms with van der Waals surface area (Å²) in [5, 5.41) is 2.88. The first kappa shape index (κ1) is 10.9. The first-order valence-corrected chi connectivity index (χ1v) is 4.82. The van der Waals surface area contributed by atoms with Crippen LogP contribution in [0.3, 0.4) is 0 Å². The van der Waals surface area contributed by atoms with Crippen molar-refractivity contribution < 1.29 is 4.79 Å². The standard InChI is InChI=1S/C12H17NO/c1-8-5-9(2)10(3)11(6-8)12(14)7-13-4/h5-6,13H,7H2,1-4H3. The van der Waals surface area contributed by atoms with E-state index >= 15 is 0 Å². The highest BCUT2D eigenvalue weighted by Crippen LogP contribution is 2.16. The molecule has 0 aliphatic rings. The predicted octanol–water partition coefficient (Wildman–Crippen LogP) is 2.01. The zero-order chi connectivity index (χ0) is 10.7. The summed E-state index contributed by atoms with van der Waals surface area (Å²) >= 11 is 0. The van der Waals surface area contributed by atoms with Gasteiger partial charge in [0.15, 0.2) is 5.78 Å². The average Bonchev–Trinajstić information content (AvgIpc) is 2.11. The van der Waals surface area contributed by atoms with E-state index in [2.05, 4.69) is 11.4 Å². The number of benzene rings is 1. The molecule has 1 aromatic carbocycles. The molecule has 1 N–H and O–H groups in total. The van der Waals surface area contributed by atoms with Gasteiger partial charge in [-0.15, -0.1) is 0 Å². The average molecular weight is 191 g/mol. The predicted molar refractivity (Wildman–Crippen MR) is 58.9 cm³/mol. The number of Topliss-reactive ketones (excluding diaryl/α,β-unsaturated/α-hetero) is 1. The Kier molecular flexibility index (Phi) is 3.42. The topological polar surface area (TPSA) is 29.1 Å². The number of rotatable bonds is 3. The second-order valence-corrected chi connectivity index (χ2v) is 3.71. The SMILES string of the molecule is CNCC(=O)c1cc(C)cc(C)c1C. The maximum absolute atomic E-state index is 11.7. The molecular formula is C12H17NO. The van der Waals surface area contributed by atoms with Gasteiger partial charge in [0.25, 0.3) is 0 Å². The van der Waals surface area contributed by atoms with Crippen molar-refractivity contribution in [1.82, 2.24) is 5.32 Å². The van der Waals surface area contributed by atoms with E-state index in [1.54, 1.807) is 7.05 Å². The van der Waals surface area contributed by atoms with Crippen molar-refractivity contribution in [3.8, 4) is 0 Å². The van der Waals surface area contributed by atoms with Crippen LogP contribution in [0.25, 0.3) is 0 Å². The summed E-state index contributed by atoms with van der Waals surface area (Å²) in [6.07, 6.45) is 0. The number of carbonyl (C=O) groups is 1. The molecule has 0 atom stereocenters. The molecule has 0 amide bonds. The summed E-state index contributed by atoms with van der Waals surface area (Å²) in [5.41, 5.74) is 4.27. The van der Waals surface area contributed by atoms with Crippen LogP contribution in [0.4, 0.5) is 0 Å². The Balaban J connectivity index is 3.13. The summed E-state index contributed by atoms with van der Waals surface area (Å²) < 4.78 is 0. The number of hydrogen-bond acceptors (Lipinski definition) is 2. The molecule has 1 aromatic rings. The second kappa shape index (κ2) is 4.38. The Labute approximate surface area is 85.3 Å². The van der Waals surface area contributed by atoms with Gasteiger partial charge < -0.3 is 5.32 Å². The highest BCUT2D eigenvalue weighted by atomic mass is 16.1. The summed E-state index contributed by atoms with van der Waals surface area (Å²) in [7, 11) is 1.79. The van der Waals surface area contributed by atoms with Gasteiger partial charge in [-0.05, 0) is 45.0 Å². The Hall–Kier alpha value is -1.15. The molecule has 0 fully saturated rings. The lowest BCUT2D eigenvalue weighted by Crippen LogP contribution is -2.19. The minimum Gasteiger partial charge on any atom is -0.313 e. The maximum atomic E-state index is 11.7. The number of aryl methyl sites for hydroxylation is 2. The van der Waals surface area contributed by atoms with E-state index in [-0.39, 0.29) is 5.78 Å². The number of likely N-dealkylation sites (N-methyl/N-ethyl adjacent to an activating group) is 1. The molecular weight excluding hydrogens is 174 g/mol. The van der Waals surface area contributed by atoms with Crippen molar-refractivity contribution in [3.63, 3.8) is 0 Å². The van der Waals surface area contributed by atoms with Crippen LogP contribution in [0.15, 0.2) is 12.1 Å². The Morgan fingerprint density at radius 3 is 2.50 bits per heavy atom. The fourth-order valence-electron chi connectivity index (χ4n) is 1.59. The molecule has 76 valence electrons. The van der Waals surface area contributed by atoms with E-state index in [0.717, 1.165) is 16.7 Å². The van der Waals surface area contributed by atoms with Crippen molar-refractivity contribution in [1.29, 1.82) is 0 Å². The monoisotopic (exact) mass is 191 g/mol. The minimum absolute atomic E-state index is 0.164. The van der Waals surface area contributed by atoms with E-state index in [4.69, 9.17) is 0 Å². The van der Waals surface area contributed by atoms with Crippen molar-refractivity contribution in [3.05, 3.63) is 34.4 Å². The van der Waals surface area contributed by atoms with Gasteiger partial charge in [0, 0.05) is 5.56 Å². The maximum Gasteiger partial charge on any atom is 0.176 e. The molecule has 0 aliphatic heterocycles. The Morgan fingerprint density at radius 1 is 1.29 bits per heavy atom. The van der Waals surface area contributed by atoms with Gasteiger partial charge in [0.2, 0.25) is 0 Å². The van der Waals surface area contributed by atoms with Gasteiger partial charge in [-0.3, -0.25) is 4.79 Å². The molecule has 2 heteroatoms. The Bertz CT molecular complexity index is 356. The fourth-order valence-corrected chi connectivity index (χ4v) is 1.59. The molecule has 2 nitrogen and oxygen atoms in total. The quantitative estimate of drug-likeness (QED) is 0.740. The zero-order valence-corrected chi connectivity index (χ0v) is 9.27. The lowest BCUT2D eigenvalue weighted by Gasteiger charge is -2.09. The van der Waals surface area contributed by atoms with Crippen LogP contribution in [0.2, 0.25) is 0 Å². The third-order valence-electron chi connectivity index (χ3n) is 2.45. The minimum atomic E-state index is 0.164. The van der Waals surface area contributed by atoms with Gasteiger partial charge in [-0.2, -0.15) is 0 Å². The second-order valence-electron chi connectivity index (χ2n) is 3.71. The van der Waals surface area contributed by atoms with Crippen LogP contribution in [-0.2, 0) is 0 Å². The molecule has 0 bridgehead atoms. The van der Waals surface area contributed by atoms with E-state index in [0.29, 0.717) is 6.54 Å². The molecule has 0 spiro atoms. The normalized spacial score (nSPS) is 10.3. The van der Waals surface area contributed by atoms with Crippen molar-refractivity contribution in [2.75, 3.05) is 13.6 Å². The van der Waals surface area contributed by atoms with Crippen LogP contribution >= 0.6 is 0 Å². The summed E-state index contributed by atoms with van der Waals surface area (Å²) in [6.45, 7) is 6.46. The molecule has 0 saturated carbocycles. The van der Waals surface area contributed by atoms with E-state index in [9.17, 15) is 4.79 Å².